The van der Waals surface area contributed by atoms with Crippen LogP contribution < -0.4 is 5.56 Å². The largest absolute Gasteiger partial charge is 0.272 e. The van der Waals surface area contributed by atoms with Crippen molar-refractivity contribution < 1.29 is 0 Å². The number of hydrogen-bond donors (Lipinski definition) is 1. The van der Waals surface area contributed by atoms with E-state index in [9.17, 15) is 10.1 Å². The Hall–Kier alpha value is -3.44. The first kappa shape index (κ1) is 12.6. The Labute approximate surface area is 119 Å². The first-order chi connectivity index (χ1) is 10.3. The monoisotopic (exact) mass is 272 g/mol. The van der Waals surface area contributed by atoms with Gasteiger partial charge in [0.25, 0.3) is 5.56 Å². The molecule has 0 spiro atoms. The number of nitriles is 2. The number of fused-ring (bicyclic) bond motifs is 1. The summed E-state index contributed by atoms with van der Waals surface area (Å²) in [6, 6.07) is 16.2. The van der Waals surface area contributed by atoms with Crippen molar-refractivity contribution >= 4 is 10.8 Å². The van der Waals surface area contributed by atoms with Gasteiger partial charge in [-0.25, -0.2) is 5.10 Å². The molecule has 0 saturated carbocycles. The van der Waals surface area contributed by atoms with E-state index in [-0.39, 0.29) is 16.7 Å². The maximum Gasteiger partial charge on any atom is 0.272 e. The minimum atomic E-state index is -0.384. The molecule has 0 aliphatic heterocycles. The second kappa shape index (κ2) is 4.92. The average Bonchev–Trinajstić information content (AvgIpc) is 2.55. The molecule has 0 saturated heterocycles. The predicted molar refractivity (Wildman–Crippen MR) is 77.2 cm³/mol. The lowest BCUT2D eigenvalue weighted by molar-refractivity contribution is 1.02. The predicted octanol–water partition coefficient (Wildman–Crippen LogP) is 2.33. The standard InChI is InChI=1S/C16H8N4O/c17-8-11-6-7-12-14(13(11)9-18)15(19-20-16(12)21)10-4-2-1-3-5-10/h1-7H,(H,20,21). The SMILES string of the molecule is N#Cc1ccc2c(=O)[nH]nc(-c3ccccc3)c2c1C#N. The molecule has 1 N–H and O–H groups in total. The molecule has 5 nitrogen and oxygen atoms in total. The van der Waals surface area contributed by atoms with E-state index in [1.54, 1.807) is 6.07 Å². The summed E-state index contributed by atoms with van der Waals surface area (Å²) >= 11 is 0. The van der Waals surface area contributed by atoms with E-state index in [0.29, 0.717) is 16.5 Å². The number of H-pyrrole nitrogens is 1. The van der Waals surface area contributed by atoms with Gasteiger partial charge in [0.1, 0.15) is 17.8 Å². The quantitative estimate of drug-likeness (QED) is 0.735. The summed E-state index contributed by atoms with van der Waals surface area (Å²) in [5.41, 5.74) is 1.27. The maximum absolute atomic E-state index is 11.9. The zero-order valence-electron chi connectivity index (χ0n) is 10.8. The fourth-order valence-corrected chi connectivity index (χ4v) is 2.27. The highest BCUT2D eigenvalue weighted by Gasteiger charge is 2.15. The van der Waals surface area contributed by atoms with Crippen LogP contribution in [0.2, 0.25) is 0 Å². The van der Waals surface area contributed by atoms with Gasteiger partial charge < -0.3 is 0 Å². The minimum absolute atomic E-state index is 0.174. The summed E-state index contributed by atoms with van der Waals surface area (Å²) in [7, 11) is 0. The molecule has 3 rings (SSSR count). The molecule has 0 fully saturated rings. The average molecular weight is 272 g/mol. The third kappa shape index (κ3) is 1.94. The Balaban J connectivity index is 2.54. The zero-order chi connectivity index (χ0) is 14.8. The smallest absolute Gasteiger partial charge is 0.267 e. The van der Waals surface area contributed by atoms with E-state index in [0.717, 1.165) is 5.56 Å². The normalized spacial score (nSPS) is 10.0. The Morgan fingerprint density at radius 1 is 1.00 bits per heavy atom. The van der Waals surface area contributed by atoms with Crippen LogP contribution in [0.25, 0.3) is 22.0 Å². The van der Waals surface area contributed by atoms with Crippen LogP contribution in [-0.2, 0) is 0 Å². The molecule has 98 valence electrons. The van der Waals surface area contributed by atoms with Crippen LogP contribution in [0, 0.1) is 22.7 Å². The van der Waals surface area contributed by atoms with E-state index in [2.05, 4.69) is 10.2 Å². The number of nitrogens with zero attached hydrogens (tertiary/aromatic N) is 3. The Morgan fingerprint density at radius 3 is 2.43 bits per heavy atom. The van der Waals surface area contributed by atoms with Gasteiger partial charge in [0.15, 0.2) is 0 Å². The van der Waals surface area contributed by atoms with Crippen LogP contribution in [0.5, 0.6) is 0 Å². The highest BCUT2D eigenvalue weighted by atomic mass is 16.1. The number of aromatic nitrogens is 2. The van der Waals surface area contributed by atoms with Crippen molar-refractivity contribution in [2.24, 2.45) is 0 Å². The van der Waals surface area contributed by atoms with E-state index >= 15 is 0 Å². The summed E-state index contributed by atoms with van der Waals surface area (Å²) in [5.74, 6) is 0. The van der Waals surface area contributed by atoms with Gasteiger partial charge in [-0.1, -0.05) is 30.3 Å². The number of nitrogens with one attached hydrogen (secondary N) is 1. The van der Waals surface area contributed by atoms with Gasteiger partial charge >= 0.3 is 0 Å². The van der Waals surface area contributed by atoms with Crippen molar-refractivity contribution in [3.63, 3.8) is 0 Å². The van der Waals surface area contributed by atoms with Crippen LogP contribution in [0.3, 0.4) is 0 Å². The van der Waals surface area contributed by atoms with Crippen LogP contribution in [0.15, 0.2) is 47.3 Å². The third-order valence-electron chi connectivity index (χ3n) is 3.24. The van der Waals surface area contributed by atoms with Gasteiger partial charge in [-0.05, 0) is 12.1 Å². The van der Waals surface area contributed by atoms with Gasteiger partial charge in [-0.3, -0.25) is 4.79 Å². The maximum atomic E-state index is 11.9. The first-order valence-electron chi connectivity index (χ1n) is 6.17. The molecule has 3 aromatic rings. The van der Waals surface area contributed by atoms with Crippen LogP contribution in [0.4, 0.5) is 0 Å². The lowest BCUT2D eigenvalue weighted by atomic mass is 9.97. The summed E-state index contributed by atoms with van der Waals surface area (Å²) < 4.78 is 0. The van der Waals surface area contributed by atoms with Gasteiger partial charge in [0.2, 0.25) is 0 Å². The molecule has 2 aromatic carbocycles. The van der Waals surface area contributed by atoms with E-state index in [4.69, 9.17) is 5.26 Å². The first-order valence-corrected chi connectivity index (χ1v) is 6.17. The van der Waals surface area contributed by atoms with Crippen LogP contribution >= 0.6 is 0 Å². The molecule has 0 aliphatic carbocycles. The number of hydrogen-bond acceptors (Lipinski definition) is 4. The van der Waals surface area contributed by atoms with Crippen molar-refractivity contribution in [2.75, 3.05) is 0 Å². The zero-order valence-corrected chi connectivity index (χ0v) is 10.8. The minimum Gasteiger partial charge on any atom is -0.267 e. The summed E-state index contributed by atoms with van der Waals surface area (Å²) in [4.78, 5) is 11.9. The third-order valence-corrected chi connectivity index (χ3v) is 3.24. The lowest BCUT2D eigenvalue weighted by Crippen LogP contribution is -2.10. The molecule has 1 heterocycles. The summed E-state index contributed by atoms with van der Waals surface area (Å²) in [6.07, 6.45) is 0. The molecule has 5 heteroatoms. The number of benzene rings is 2. The molecular formula is C16H8N4O. The van der Waals surface area contributed by atoms with Gasteiger partial charge in [0, 0.05) is 10.9 Å². The van der Waals surface area contributed by atoms with Gasteiger partial charge in [0.05, 0.1) is 16.5 Å². The van der Waals surface area contributed by atoms with Crippen molar-refractivity contribution in [2.45, 2.75) is 0 Å². The fourth-order valence-electron chi connectivity index (χ4n) is 2.27. The molecule has 0 radical (unpaired) electrons. The van der Waals surface area contributed by atoms with Crippen molar-refractivity contribution in [3.8, 4) is 23.4 Å². The molecule has 21 heavy (non-hydrogen) atoms. The van der Waals surface area contributed by atoms with Crippen molar-refractivity contribution in [3.05, 3.63) is 63.9 Å². The molecule has 0 aliphatic rings. The van der Waals surface area contributed by atoms with Crippen LogP contribution in [-0.4, -0.2) is 10.2 Å². The Morgan fingerprint density at radius 2 is 1.76 bits per heavy atom. The molecular weight excluding hydrogens is 264 g/mol. The number of rotatable bonds is 1. The van der Waals surface area contributed by atoms with Gasteiger partial charge in [-0.15, -0.1) is 0 Å². The lowest BCUT2D eigenvalue weighted by Gasteiger charge is -2.07. The van der Waals surface area contributed by atoms with Crippen molar-refractivity contribution in [1.82, 2.24) is 10.2 Å². The summed E-state index contributed by atoms with van der Waals surface area (Å²) in [6.45, 7) is 0. The van der Waals surface area contributed by atoms with Gasteiger partial charge in [-0.2, -0.15) is 15.6 Å². The summed E-state index contributed by atoms with van der Waals surface area (Å²) in [5, 5.41) is 25.8. The second-order valence-electron chi connectivity index (χ2n) is 4.40. The topological polar surface area (TPSA) is 93.3 Å². The Bertz CT molecular complexity index is 975. The molecule has 1 aromatic heterocycles. The highest BCUT2D eigenvalue weighted by molar-refractivity contribution is 5.99. The molecule has 0 unspecified atom stereocenters. The van der Waals surface area contributed by atoms with Crippen molar-refractivity contribution in [1.29, 1.82) is 10.5 Å². The second-order valence-corrected chi connectivity index (χ2v) is 4.40. The Kier molecular flexibility index (Phi) is 2.95. The fraction of sp³-hybridized carbons (Fsp3) is 0. The van der Waals surface area contributed by atoms with E-state index in [1.807, 2.05) is 42.5 Å². The highest BCUT2D eigenvalue weighted by Crippen LogP contribution is 2.28. The molecule has 0 bridgehead atoms. The molecule has 0 atom stereocenters. The van der Waals surface area contributed by atoms with Crippen LogP contribution in [0.1, 0.15) is 11.1 Å². The molecule has 0 amide bonds. The number of aromatic amines is 1. The van der Waals surface area contributed by atoms with E-state index in [1.165, 1.54) is 6.07 Å². The van der Waals surface area contributed by atoms with E-state index < -0.39 is 0 Å².